The first-order valence-electron chi connectivity index (χ1n) is 7.21. The number of aromatic amines is 1. The van der Waals surface area contributed by atoms with Gasteiger partial charge in [-0.3, -0.25) is 18.9 Å². The van der Waals surface area contributed by atoms with E-state index < -0.39 is 27.9 Å². The van der Waals surface area contributed by atoms with Crippen LogP contribution in [0.2, 0.25) is 0 Å². The maximum absolute atomic E-state index is 13.0. The molecule has 6 nitrogen and oxygen atoms in total. The molecule has 0 aliphatic carbocycles. The van der Waals surface area contributed by atoms with E-state index in [0.29, 0.717) is 16.8 Å². The first kappa shape index (κ1) is 17.0. The Morgan fingerprint density at radius 2 is 1.68 bits per heavy atom. The molecule has 0 aliphatic rings. The minimum Gasteiger partial charge on any atom is -0.772 e. The van der Waals surface area contributed by atoms with Crippen LogP contribution in [0.25, 0.3) is 16.8 Å². The summed E-state index contributed by atoms with van der Waals surface area (Å²) in [7, 11) is 0. The van der Waals surface area contributed by atoms with Gasteiger partial charge in [-0.1, -0.05) is 35.3 Å². The molecule has 1 N–H and O–H groups in total. The van der Waals surface area contributed by atoms with Gasteiger partial charge in [-0.15, -0.1) is 0 Å². The first-order chi connectivity index (χ1) is 12.0. The van der Waals surface area contributed by atoms with Gasteiger partial charge in [0, 0.05) is 11.9 Å². The van der Waals surface area contributed by atoms with Gasteiger partial charge in [-0.2, -0.15) is 0 Å². The molecule has 0 bridgehead atoms. The lowest BCUT2D eigenvalue weighted by molar-refractivity contribution is 0.536. The van der Waals surface area contributed by atoms with Crippen LogP contribution in [0.1, 0.15) is 5.56 Å². The van der Waals surface area contributed by atoms with Gasteiger partial charge < -0.3 is 4.55 Å². The molecule has 0 fully saturated rings. The second-order valence-electron chi connectivity index (χ2n) is 5.28. The van der Waals surface area contributed by atoms with Gasteiger partial charge >= 0.3 is 5.56 Å². The Hall–Kier alpha value is -2.84. The highest BCUT2D eigenvalue weighted by molar-refractivity contribution is 7.78. The van der Waals surface area contributed by atoms with E-state index in [4.69, 9.17) is 0 Å². The second kappa shape index (κ2) is 6.96. The van der Waals surface area contributed by atoms with Gasteiger partial charge in [0.15, 0.2) is 0 Å². The second-order valence-corrected chi connectivity index (χ2v) is 6.17. The van der Waals surface area contributed by atoms with E-state index in [1.807, 2.05) is 0 Å². The van der Waals surface area contributed by atoms with Gasteiger partial charge in [0.2, 0.25) is 0 Å². The molecule has 0 spiro atoms. The number of rotatable bonds is 4. The smallest absolute Gasteiger partial charge is 0.318 e. The zero-order chi connectivity index (χ0) is 18.0. The zero-order valence-electron chi connectivity index (χ0n) is 12.8. The van der Waals surface area contributed by atoms with Gasteiger partial charge in [0.05, 0.1) is 11.3 Å². The summed E-state index contributed by atoms with van der Waals surface area (Å²) < 4.78 is 35.4. The number of H-pyrrole nitrogens is 1. The molecule has 1 atom stereocenters. The molecule has 2 aromatic carbocycles. The molecule has 25 heavy (non-hydrogen) atoms. The maximum Gasteiger partial charge on any atom is 0.318 e. The Balaban J connectivity index is 2.00. The molecule has 3 rings (SSSR count). The van der Waals surface area contributed by atoms with Gasteiger partial charge in [-0.05, 0) is 35.4 Å². The van der Waals surface area contributed by atoms with E-state index in [0.717, 1.165) is 4.68 Å². The summed E-state index contributed by atoms with van der Waals surface area (Å²) in [6.45, 7) is 0. The molecule has 0 amide bonds. The molecular formula is C17H12FN2O4S-. The normalized spacial score (nSPS) is 12.1. The number of hydrogen-bond donors (Lipinski definition) is 1. The monoisotopic (exact) mass is 359 g/mol. The van der Waals surface area contributed by atoms with Crippen molar-refractivity contribution < 1.29 is 13.2 Å². The van der Waals surface area contributed by atoms with E-state index in [-0.39, 0.29) is 11.3 Å². The fourth-order valence-corrected chi connectivity index (χ4v) is 2.85. The molecule has 0 aliphatic heterocycles. The third-order valence-corrected chi connectivity index (χ3v) is 4.18. The van der Waals surface area contributed by atoms with Gasteiger partial charge in [0.1, 0.15) is 5.82 Å². The fourth-order valence-electron chi connectivity index (χ4n) is 2.38. The van der Waals surface area contributed by atoms with Crippen molar-refractivity contribution in [1.29, 1.82) is 0 Å². The highest BCUT2D eigenvalue weighted by Gasteiger charge is 2.10. The summed E-state index contributed by atoms with van der Waals surface area (Å²) >= 11 is -2.20. The van der Waals surface area contributed by atoms with Crippen LogP contribution in [0, 0.1) is 5.82 Å². The molecule has 1 aromatic heterocycles. The quantitative estimate of drug-likeness (QED) is 0.567. The zero-order valence-corrected chi connectivity index (χ0v) is 13.6. The number of aromatic nitrogens is 2. The molecule has 0 radical (unpaired) electrons. The average molecular weight is 359 g/mol. The van der Waals surface area contributed by atoms with Crippen LogP contribution < -0.4 is 11.0 Å². The van der Waals surface area contributed by atoms with E-state index >= 15 is 0 Å². The fraction of sp³-hybridized carbons (Fsp3) is 0.0588. The average Bonchev–Trinajstić information content (AvgIpc) is 2.59. The summed E-state index contributed by atoms with van der Waals surface area (Å²) in [5, 5.41) is 2.71. The Labute approximate surface area is 143 Å². The molecule has 128 valence electrons. The van der Waals surface area contributed by atoms with Crippen LogP contribution in [-0.4, -0.2) is 18.5 Å². The minimum absolute atomic E-state index is 0.122. The van der Waals surface area contributed by atoms with Crippen LogP contribution in [0.4, 0.5) is 4.39 Å². The lowest BCUT2D eigenvalue weighted by atomic mass is 10.1. The van der Waals surface area contributed by atoms with Gasteiger partial charge in [-0.25, -0.2) is 9.07 Å². The highest BCUT2D eigenvalue weighted by atomic mass is 32.2. The summed E-state index contributed by atoms with van der Waals surface area (Å²) in [4.78, 5) is 24.7. The van der Waals surface area contributed by atoms with E-state index in [9.17, 15) is 22.7 Å². The summed E-state index contributed by atoms with van der Waals surface area (Å²) in [6, 6.07) is 11.4. The predicted octanol–water partition coefficient (Wildman–Crippen LogP) is 1.71. The van der Waals surface area contributed by atoms with Crippen molar-refractivity contribution >= 4 is 11.1 Å². The Morgan fingerprint density at radius 3 is 2.28 bits per heavy atom. The molecule has 0 saturated carbocycles. The SMILES string of the molecule is O=c1c(-c2ccc(CS(=O)[O-])cc2)c[nH]n(-c2ccc(F)cc2)c1=O. The van der Waals surface area contributed by atoms with Gasteiger partial charge in [0.25, 0.3) is 5.43 Å². The van der Waals surface area contributed by atoms with Crippen molar-refractivity contribution in [2.24, 2.45) is 0 Å². The largest absolute Gasteiger partial charge is 0.772 e. The Kier molecular flexibility index (Phi) is 4.73. The lowest BCUT2D eigenvalue weighted by Crippen LogP contribution is -2.35. The number of nitrogens with zero attached hydrogens (tertiary/aromatic N) is 1. The van der Waals surface area contributed by atoms with Crippen LogP contribution >= 0.6 is 0 Å². The third-order valence-electron chi connectivity index (χ3n) is 3.61. The minimum atomic E-state index is -2.20. The number of hydrogen-bond acceptors (Lipinski definition) is 4. The lowest BCUT2D eigenvalue weighted by Gasteiger charge is -2.08. The molecule has 1 heterocycles. The van der Waals surface area contributed by atoms with Crippen molar-refractivity contribution in [1.82, 2.24) is 9.78 Å². The summed E-state index contributed by atoms with van der Waals surface area (Å²) in [5.74, 6) is -0.571. The number of halogens is 1. The van der Waals surface area contributed by atoms with Crippen molar-refractivity contribution in [2.45, 2.75) is 5.75 Å². The topological polar surface area (TPSA) is 95.0 Å². The van der Waals surface area contributed by atoms with Crippen LogP contribution in [0.5, 0.6) is 0 Å². The Bertz CT molecular complexity index is 1040. The molecular weight excluding hydrogens is 347 g/mol. The maximum atomic E-state index is 13.0. The van der Waals surface area contributed by atoms with E-state index in [1.54, 1.807) is 24.3 Å². The Morgan fingerprint density at radius 1 is 1.04 bits per heavy atom. The first-order valence-corrected chi connectivity index (χ1v) is 8.46. The molecule has 0 saturated heterocycles. The summed E-state index contributed by atoms with van der Waals surface area (Å²) in [5.41, 5.74) is 0.0526. The predicted molar refractivity (Wildman–Crippen MR) is 90.7 cm³/mol. The standard InChI is InChI=1S/C17H13FN2O4S/c18-13-5-7-14(8-6-13)20-17(22)16(21)15(9-19-20)12-3-1-11(2-4-12)10-25(23)24/h1-9,19H,10H2,(H,23,24)/p-1. The highest BCUT2D eigenvalue weighted by Crippen LogP contribution is 2.16. The summed E-state index contributed by atoms with van der Waals surface area (Å²) in [6.07, 6.45) is 1.38. The van der Waals surface area contributed by atoms with E-state index in [2.05, 4.69) is 5.10 Å². The molecule has 8 heteroatoms. The van der Waals surface area contributed by atoms with Crippen LogP contribution in [0.15, 0.2) is 64.3 Å². The number of benzene rings is 2. The van der Waals surface area contributed by atoms with Crippen molar-refractivity contribution in [3.8, 4) is 16.8 Å². The molecule has 1 unspecified atom stereocenters. The van der Waals surface area contributed by atoms with Crippen molar-refractivity contribution in [2.75, 3.05) is 0 Å². The third kappa shape index (κ3) is 3.65. The van der Waals surface area contributed by atoms with Crippen LogP contribution in [0.3, 0.4) is 0 Å². The van der Waals surface area contributed by atoms with E-state index in [1.165, 1.54) is 30.5 Å². The number of nitrogens with one attached hydrogen (secondary N) is 1. The van der Waals surface area contributed by atoms with Crippen molar-refractivity contribution in [3.63, 3.8) is 0 Å². The molecule has 3 aromatic rings. The van der Waals surface area contributed by atoms with Crippen LogP contribution in [-0.2, 0) is 16.8 Å². The van der Waals surface area contributed by atoms with Crippen molar-refractivity contribution in [3.05, 3.63) is 86.7 Å².